The van der Waals surface area contributed by atoms with Crippen molar-refractivity contribution in [3.8, 4) is 11.3 Å². The summed E-state index contributed by atoms with van der Waals surface area (Å²) in [6, 6.07) is 3.76. The maximum atomic E-state index is 13.4. The summed E-state index contributed by atoms with van der Waals surface area (Å²) >= 11 is 0. The first kappa shape index (κ1) is 13.1. The standard InChI is InChI=1S/C15H17F2N3/c1-20-14(18)13(10-6-7-11(16)12(17)8-10)19-15(20)9-4-2-3-5-9/h6-9H,2-5,18H2,1H3. The quantitative estimate of drug-likeness (QED) is 0.911. The zero-order chi connectivity index (χ0) is 14.3. The lowest BCUT2D eigenvalue weighted by Gasteiger charge is -2.08. The summed E-state index contributed by atoms with van der Waals surface area (Å²) in [7, 11) is 1.87. The van der Waals surface area contributed by atoms with E-state index in [1.807, 2.05) is 11.6 Å². The van der Waals surface area contributed by atoms with E-state index in [-0.39, 0.29) is 0 Å². The third-order valence-corrected chi connectivity index (χ3v) is 4.09. The molecule has 0 bridgehead atoms. The van der Waals surface area contributed by atoms with Gasteiger partial charge in [0.1, 0.15) is 17.3 Å². The Hall–Kier alpha value is -1.91. The fourth-order valence-corrected chi connectivity index (χ4v) is 2.93. The van der Waals surface area contributed by atoms with Crippen molar-refractivity contribution in [1.29, 1.82) is 0 Å². The number of hydrogen-bond acceptors (Lipinski definition) is 2. The highest BCUT2D eigenvalue weighted by Crippen LogP contribution is 2.37. The number of rotatable bonds is 2. The molecule has 5 heteroatoms. The van der Waals surface area contributed by atoms with Gasteiger partial charge in [-0.15, -0.1) is 0 Å². The Bertz CT molecular complexity index is 643. The van der Waals surface area contributed by atoms with E-state index in [4.69, 9.17) is 5.73 Å². The van der Waals surface area contributed by atoms with Gasteiger partial charge in [0, 0.05) is 18.5 Å². The number of nitrogens with zero attached hydrogens (tertiary/aromatic N) is 2. The summed E-state index contributed by atoms with van der Waals surface area (Å²) in [6.45, 7) is 0. The monoisotopic (exact) mass is 277 g/mol. The molecule has 0 radical (unpaired) electrons. The van der Waals surface area contributed by atoms with Crippen molar-refractivity contribution in [1.82, 2.24) is 9.55 Å². The zero-order valence-corrected chi connectivity index (χ0v) is 11.4. The largest absolute Gasteiger partial charge is 0.383 e. The number of nitrogens with two attached hydrogens (primary N) is 1. The zero-order valence-electron chi connectivity index (χ0n) is 11.4. The SMILES string of the molecule is Cn1c(C2CCCC2)nc(-c2ccc(F)c(F)c2)c1N. The number of benzene rings is 1. The van der Waals surface area contributed by atoms with Crippen molar-refractivity contribution in [3.63, 3.8) is 0 Å². The van der Waals surface area contributed by atoms with Crippen LogP contribution in [0, 0.1) is 11.6 Å². The highest BCUT2D eigenvalue weighted by Gasteiger charge is 2.24. The fraction of sp³-hybridized carbons (Fsp3) is 0.400. The number of hydrogen-bond donors (Lipinski definition) is 1. The number of aromatic nitrogens is 2. The van der Waals surface area contributed by atoms with Gasteiger partial charge in [0.2, 0.25) is 0 Å². The van der Waals surface area contributed by atoms with Gasteiger partial charge < -0.3 is 10.3 Å². The van der Waals surface area contributed by atoms with Crippen LogP contribution < -0.4 is 5.73 Å². The summed E-state index contributed by atoms with van der Waals surface area (Å²) in [6.07, 6.45) is 4.64. The summed E-state index contributed by atoms with van der Waals surface area (Å²) in [4.78, 5) is 4.58. The normalized spacial score (nSPS) is 15.9. The molecule has 0 unspecified atom stereocenters. The van der Waals surface area contributed by atoms with Crippen molar-refractivity contribution < 1.29 is 8.78 Å². The van der Waals surface area contributed by atoms with Gasteiger partial charge in [0.05, 0.1) is 0 Å². The molecule has 0 atom stereocenters. The lowest BCUT2D eigenvalue weighted by molar-refractivity contribution is 0.509. The Morgan fingerprint density at radius 3 is 2.55 bits per heavy atom. The van der Waals surface area contributed by atoms with E-state index in [2.05, 4.69) is 4.98 Å². The molecule has 1 aromatic carbocycles. The second kappa shape index (κ2) is 4.89. The molecule has 0 saturated heterocycles. The molecule has 0 aliphatic heterocycles. The topological polar surface area (TPSA) is 43.8 Å². The van der Waals surface area contributed by atoms with Gasteiger partial charge in [-0.25, -0.2) is 13.8 Å². The molecule has 20 heavy (non-hydrogen) atoms. The van der Waals surface area contributed by atoms with Gasteiger partial charge in [0.15, 0.2) is 11.6 Å². The average Bonchev–Trinajstić information content (AvgIpc) is 3.04. The minimum absolute atomic E-state index is 0.418. The molecule has 0 spiro atoms. The Labute approximate surface area is 116 Å². The molecule has 1 aliphatic rings. The van der Waals surface area contributed by atoms with Crippen LogP contribution in [0.5, 0.6) is 0 Å². The Kier molecular flexibility index (Phi) is 3.20. The molecule has 0 amide bonds. The first-order valence-corrected chi connectivity index (χ1v) is 6.85. The van der Waals surface area contributed by atoms with Gasteiger partial charge in [-0.05, 0) is 31.0 Å². The second-order valence-corrected chi connectivity index (χ2v) is 5.37. The van der Waals surface area contributed by atoms with Crippen LogP contribution in [0.25, 0.3) is 11.3 Å². The summed E-state index contributed by atoms with van der Waals surface area (Å²) in [5.41, 5.74) is 7.13. The molecule has 1 aromatic heterocycles. The Morgan fingerprint density at radius 2 is 1.90 bits per heavy atom. The molecule has 2 aromatic rings. The number of anilines is 1. The molecule has 2 N–H and O–H groups in total. The van der Waals surface area contributed by atoms with Crippen molar-refractivity contribution in [2.45, 2.75) is 31.6 Å². The van der Waals surface area contributed by atoms with E-state index < -0.39 is 11.6 Å². The number of halogens is 2. The van der Waals surface area contributed by atoms with Gasteiger partial charge in [-0.1, -0.05) is 12.8 Å². The molecule has 1 saturated carbocycles. The van der Waals surface area contributed by atoms with Crippen LogP contribution in [0.2, 0.25) is 0 Å². The molecule has 1 heterocycles. The lowest BCUT2D eigenvalue weighted by atomic mass is 10.1. The van der Waals surface area contributed by atoms with E-state index >= 15 is 0 Å². The van der Waals surface area contributed by atoms with Gasteiger partial charge >= 0.3 is 0 Å². The van der Waals surface area contributed by atoms with Crippen molar-refractivity contribution >= 4 is 5.82 Å². The van der Waals surface area contributed by atoms with Crippen LogP contribution in [0.15, 0.2) is 18.2 Å². The van der Waals surface area contributed by atoms with E-state index in [1.54, 1.807) is 0 Å². The molecule has 3 rings (SSSR count). The molecular formula is C15H17F2N3. The van der Waals surface area contributed by atoms with Crippen LogP contribution in [0.1, 0.15) is 37.4 Å². The smallest absolute Gasteiger partial charge is 0.159 e. The van der Waals surface area contributed by atoms with Gasteiger partial charge in [-0.3, -0.25) is 0 Å². The first-order chi connectivity index (χ1) is 9.58. The van der Waals surface area contributed by atoms with E-state index in [1.165, 1.54) is 18.9 Å². The minimum Gasteiger partial charge on any atom is -0.383 e. The van der Waals surface area contributed by atoms with E-state index in [9.17, 15) is 8.78 Å². The van der Waals surface area contributed by atoms with Crippen molar-refractivity contribution in [2.24, 2.45) is 7.05 Å². The lowest BCUT2D eigenvalue weighted by Crippen LogP contribution is -2.05. The molecule has 3 nitrogen and oxygen atoms in total. The van der Waals surface area contributed by atoms with E-state index in [0.29, 0.717) is 23.0 Å². The predicted octanol–water partition coefficient (Wildman–Crippen LogP) is 3.61. The second-order valence-electron chi connectivity index (χ2n) is 5.37. The maximum Gasteiger partial charge on any atom is 0.159 e. The van der Waals surface area contributed by atoms with Crippen molar-refractivity contribution in [2.75, 3.05) is 5.73 Å². The highest BCUT2D eigenvalue weighted by molar-refractivity contribution is 5.71. The fourth-order valence-electron chi connectivity index (χ4n) is 2.93. The van der Waals surface area contributed by atoms with Crippen LogP contribution in [0.4, 0.5) is 14.6 Å². The predicted molar refractivity (Wildman–Crippen MR) is 74.2 cm³/mol. The number of imidazole rings is 1. The van der Waals surface area contributed by atoms with Crippen LogP contribution >= 0.6 is 0 Å². The van der Waals surface area contributed by atoms with Crippen LogP contribution in [0.3, 0.4) is 0 Å². The summed E-state index contributed by atoms with van der Waals surface area (Å²) in [5, 5.41) is 0. The Balaban J connectivity index is 2.05. The van der Waals surface area contributed by atoms with Crippen LogP contribution in [-0.4, -0.2) is 9.55 Å². The summed E-state index contributed by atoms with van der Waals surface area (Å²) in [5.74, 6) is 0.119. The molecule has 1 aliphatic carbocycles. The van der Waals surface area contributed by atoms with Gasteiger partial charge in [-0.2, -0.15) is 0 Å². The third-order valence-electron chi connectivity index (χ3n) is 4.09. The molecule has 106 valence electrons. The average molecular weight is 277 g/mol. The maximum absolute atomic E-state index is 13.4. The minimum atomic E-state index is -0.880. The summed E-state index contributed by atoms with van der Waals surface area (Å²) < 4.78 is 28.2. The third kappa shape index (κ3) is 2.07. The van der Waals surface area contributed by atoms with Crippen molar-refractivity contribution in [3.05, 3.63) is 35.7 Å². The Morgan fingerprint density at radius 1 is 1.20 bits per heavy atom. The molecular weight excluding hydrogens is 260 g/mol. The van der Waals surface area contributed by atoms with E-state index in [0.717, 1.165) is 30.8 Å². The van der Waals surface area contributed by atoms with Gasteiger partial charge in [0.25, 0.3) is 0 Å². The highest BCUT2D eigenvalue weighted by atomic mass is 19.2. The first-order valence-electron chi connectivity index (χ1n) is 6.85. The number of nitrogen functional groups attached to an aromatic ring is 1. The molecule has 1 fully saturated rings. The van der Waals surface area contributed by atoms with Crippen LogP contribution in [-0.2, 0) is 7.05 Å².